The van der Waals surface area contributed by atoms with E-state index in [0.717, 1.165) is 12.3 Å². The largest absolute Gasteiger partial charge is 0.497 e. The number of ether oxygens (including phenoxy) is 1. The Morgan fingerprint density at radius 3 is 2.74 bits per heavy atom. The molecule has 2 saturated heterocycles. The average Bonchev–Trinajstić information content (AvgIpc) is 3.01. The summed E-state index contributed by atoms with van der Waals surface area (Å²) >= 11 is 0. The summed E-state index contributed by atoms with van der Waals surface area (Å²) in [5.41, 5.74) is 2.92. The van der Waals surface area contributed by atoms with Crippen molar-refractivity contribution in [3.05, 3.63) is 23.8 Å². The highest BCUT2D eigenvalue weighted by Crippen LogP contribution is 2.35. The minimum absolute atomic E-state index is 0.638. The minimum Gasteiger partial charge on any atom is -0.497 e. The lowest BCUT2D eigenvalue weighted by atomic mass is 9.90. The molecule has 1 aromatic carbocycles. The van der Waals surface area contributed by atoms with Crippen molar-refractivity contribution in [2.45, 2.75) is 31.6 Å². The quantitative estimate of drug-likeness (QED) is 0.904. The Balaban J connectivity index is 1.92. The molecule has 0 bridgehead atoms. The van der Waals surface area contributed by atoms with Crippen molar-refractivity contribution < 1.29 is 4.74 Å². The predicted octanol–water partition coefficient (Wildman–Crippen LogP) is 2.76. The molecule has 2 heterocycles. The highest BCUT2D eigenvalue weighted by molar-refractivity contribution is 5.58. The van der Waals surface area contributed by atoms with Crippen molar-refractivity contribution in [3.8, 4) is 5.75 Å². The van der Waals surface area contributed by atoms with Crippen LogP contribution in [0.4, 0.5) is 5.69 Å². The number of methoxy groups -OCH3 is 1. The van der Waals surface area contributed by atoms with Crippen molar-refractivity contribution in [1.82, 2.24) is 5.32 Å². The number of rotatable bonds is 3. The zero-order valence-corrected chi connectivity index (χ0v) is 11.8. The van der Waals surface area contributed by atoms with Gasteiger partial charge in [-0.1, -0.05) is 0 Å². The fraction of sp³-hybridized carbons (Fsp3) is 0.625. The average molecular weight is 260 g/mol. The normalized spacial score (nSPS) is 23.6. The Kier molecular flexibility index (Phi) is 3.92. The summed E-state index contributed by atoms with van der Waals surface area (Å²) in [6.07, 6.45) is 5.23. The minimum atomic E-state index is 0.638. The molecule has 0 spiro atoms. The fourth-order valence-electron chi connectivity index (χ4n) is 3.35. The van der Waals surface area contributed by atoms with Gasteiger partial charge in [0.2, 0.25) is 0 Å². The third kappa shape index (κ3) is 2.71. The molecule has 3 rings (SSSR count). The Labute approximate surface area is 115 Å². The van der Waals surface area contributed by atoms with Crippen LogP contribution in [-0.2, 0) is 0 Å². The molecule has 1 atom stereocenters. The van der Waals surface area contributed by atoms with Crippen molar-refractivity contribution in [1.29, 1.82) is 0 Å². The zero-order chi connectivity index (χ0) is 13.1. The summed E-state index contributed by atoms with van der Waals surface area (Å²) in [6, 6.07) is 6.62. The van der Waals surface area contributed by atoms with Gasteiger partial charge in [-0.2, -0.15) is 0 Å². The molecule has 1 unspecified atom stereocenters. The predicted molar refractivity (Wildman–Crippen MR) is 79.3 cm³/mol. The van der Waals surface area contributed by atoms with E-state index in [-0.39, 0.29) is 0 Å². The molecule has 2 fully saturated rings. The Bertz CT molecular complexity index is 421. The number of piperidine rings is 1. The van der Waals surface area contributed by atoms with E-state index in [1.54, 1.807) is 7.11 Å². The van der Waals surface area contributed by atoms with Crippen molar-refractivity contribution in [3.63, 3.8) is 0 Å². The number of hydrogen-bond donors (Lipinski definition) is 1. The highest BCUT2D eigenvalue weighted by atomic mass is 16.5. The molecular formula is C16H24N2O. The standard InChI is InChI=1S/C16H24N2O/c1-19-14-6-7-16(18-9-2-3-10-18)15(11-14)13-5-4-8-17-12-13/h6-7,11,13,17H,2-5,8-10,12H2,1H3. The summed E-state index contributed by atoms with van der Waals surface area (Å²) in [4.78, 5) is 2.55. The summed E-state index contributed by atoms with van der Waals surface area (Å²) in [7, 11) is 1.76. The van der Waals surface area contributed by atoms with E-state index < -0.39 is 0 Å². The maximum atomic E-state index is 5.42. The maximum Gasteiger partial charge on any atom is 0.119 e. The van der Waals surface area contributed by atoms with Gasteiger partial charge in [-0.3, -0.25) is 0 Å². The van der Waals surface area contributed by atoms with Gasteiger partial charge < -0.3 is 15.0 Å². The lowest BCUT2D eigenvalue weighted by Crippen LogP contribution is -2.30. The van der Waals surface area contributed by atoms with Crippen LogP contribution in [0.1, 0.15) is 37.2 Å². The van der Waals surface area contributed by atoms with E-state index in [1.807, 2.05) is 0 Å². The second-order valence-electron chi connectivity index (χ2n) is 5.66. The lowest BCUT2D eigenvalue weighted by molar-refractivity contribution is 0.411. The number of anilines is 1. The van der Waals surface area contributed by atoms with Crippen LogP contribution in [0.25, 0.3) is 0 Å². The van der Waals surface area contributed by atoms with Gasteiger partial charge in [-0.05, 0) is 61.9 Å². The summed E-state index contributed by atoms with van der Waals surface area (Å²) in [6.45, 7) is 4.69. The molecule has 2 aliphatic rings. The highest BCUT2D eigenvalue weighted by Gasteiger charge is 2.23. The molecule has 19 heavy (non-hydrogen) atoms. The van der Waals surface area contributed by atoms with E-state index in [2.05, 4.69) is 28.4 Å². The molecule has 0 saturated carbocycles. The van der Waals surface area contributed by atoms with E-state index in [0.29, 0.717) is 5.92 Å². The van der Waals surface area contributed by atoms with Gasteiger partial charge in [-0.15, -0.1) is 0 Å². The van der Waals surface area contributed by atoms with Gasteiger partial charge in [0.05, 0.1) is 7.11 Å². The van der Waals surface area contributed by atoms with Gasteiger partial charge >= 0.3 is 0 Å². The smallest absolute Gasteiger partial charge is 0.119 e. The van der Waals surface area contributed by atoms with Crippen LogP contribution in [0.5, 0.6) is 5.75 Å². The third-order valence-electron chi connectivity index (χ3n) is 4.42. The van der Waals surface area contributed by atoms with E-state index in [1.165, 1.54) is 56.6 Å². The molecule has 1 N–H and O–H groups in total. The Hall–Kier alpha value is -1.22. The third-order valence-corrected chi connectivity index (χ3v) is 4.42. The lowest BCUT2D eigenvalue weighted by Gasteiger charge is -2.29. The first-order valence-electron chi connectivity index (χ1n) is 7.52. The Morgan fingerprint density at radius 1 is 1.21 bits per heavy atom. The SMILES string of the molecule is COc1ccc(N2CCCC2)c(C2CCCNC2)c1. The fourth-order valence-corrected chi connectivity index (χ4v) is 3.35. The van der Waals surface area contributed by atoms with Crippen LogP contribution in [0.3, 0.4) is 0 Å². The summed E-state index contributed by atoms with van der Waals surface area (Å²) in [5.74, 6) is 1.63. The van der Waals surface area contributed by atoms with Gasteiger partial charge in [0.25, 0.3) is 0 Å². The van der Waals surface area contributed by atoms with Gasteiger partial charge in [-0.25, -0.2) is 0 Å². The first-order valence-corrected chi connectivity index (χ1v) is 7.52. The van der Waals surface area contributed by atoms with E-state index in [4.69, 9.17) is 4.74 Å². The molecule has 2 aliphatic heterocycles. The second-order valence-corrected chi connectivity index (χ2v) is 5.66. The second kappa shape index (κ2) is 5.83. The number of benzene rings is 1. The molecule has 3 nitrogen and oxygen atoms in total. The van der Waals surface area contributed by atoms with Crippen LogP contribution in [0.2, 0.25) is 0 Å². The molecule has 0 aromatic heterocycles. The van der Waals surface area contributed by atoms with Gasteiger partial charge in [0.1, 0.15) is 5.75 Å². The topological polar surface area (TPSA) is 24.5 Å². The van der Waals surface area contributed by atoms with Gasteiger partial charge in [0, 0.05) is 25.3 Å². The van der Waals surface area contributed by atoms with Crippen LogP contribution < -0.4 is 15.0 Å². The van der Waals surface area contributed by atoms with Crippen molar-refractivity contribution >= 4 is 5.69 Å². The molecule has 104 valence electrons. The molecule has 3 heteroatoms. The van der Waals surface area contributed by atoms with E-state index >= 15 is 0 Å². The number of nitrogens with one attached hydrogen (secondary N) is 1. The molecule has 0 aliphatic carbocycles. The monoisotopic (exact) mass is 260 g/mol. The van der Waals surface area contributed by atoms with Crippen LogP contribution >= 0.6 is 0 Å². The number of hydrogen-bond acceptors (Lipinski definition) is 3. The molecule has 1 aromatic rings. The molecular weight excluding hydrogens is 236 g/mol. The first-order chi connectivity index (χ1) is 9.38. The van der Waals surface area contributed by atoms with Crippen molar-refractivity contribution in [2.24, 2.45) is 0 Å². The molecule has 0 radical (unpaired) electrons. The maximum absolute atomic E-state index is 5.42. The van der Waals surface area contributed by atoms with Crippen LogP contribution in [-0.4, -0.2) is 33.3 Å². The van der Waals surface area contributed by atoms with Gasteiger partial charge in [0.15, 0.2) is 0 Å². The van der Waals surface area contributed by atoms with Crippen LogP contribution in [0.15, 0.2) is 18.2 Å². The zero-order valence-electron chi connectivity index (χ0n) is 11.8. The van der Waals surface area contributed by atoms with E-state index in [9.17, 15) is 0 Å². The summed E-state index contributed by atoms with van der Waals surface area (Å²) in [5, 5.41) is 3.53. The number of nitrogens with zero attached hydrogens (tertiary/aromatic N) is 1. The first kappa shape index (κ1) is 12.8. The summed E-state index contributed by atoms with van der Waals surface area (Å²) < 4.78 is 5.42. The molecule has 0 amide bonds. The Morgan fingerprint density at radius 2 is 2.05 bits per heavy atom. The van der Waals surface area contributed by atoms with Crippen molar-refractivity contribution in [2.75, 3.05) is 38.2 Å². The van der Waals surface area contributed by atoms with Crippen LogP contribution in [0, 0.1) is 0 Å².